The van der Waals surface area contributed by atoms with Crippen LogP contribution in [0, 0.1) is 11.3 Å². The van der Waals surface area contributed by atoms with E-state index in [4.69, 9.17) is 32.5 Å². The lowest BCUT2D eigenvalue weighted by Gasteiger charge is -2.59. The highest BCUT2D eigenvalue weighted by atomic mass is 35.5. The van der Waals surface area contributed by atoms with Crippen LogP contribution in [0.15, 0.2) is 53.5 Å². The van der Waals surface area contributed by atoms with Crippen molar-refractivity contribution in [2.45, 2.75) is 56.7 Å². The highest BCUT2D eigenvalue weighted by molar-refractivity contribution is 6.39. The second-order valence-electron chi connectivity index (χ2n) is 12.3. The topological polar surface area (TPSA) is 64.3 Å². The second kappa shape index (κ2) is 9.70. The predicted molar refractivity (Wildman–Crippen MR) is 158 cm³/mol. The van der Waals surface area contributed by atoms with Gasteiger partial charge in [0.25, 0.3) is 0 Å². The van der Waals surface area contributed by atoms with Gasteiger partial charge in [0.15, 0.2) is 0 Å². The molecule has 0 bridgehead atoms. The van der Waals surface area contributed by atoms with E-state index in [0.717, 1.165) is 66.7 Å². The van der Waals surface area contributed by atoms with Gasteiger partial charge in [-0.05, 0) is 55.9 Å². The summed E-state index contributed by atoms with van der Waals surface area (Å²) in [5.74, 6) is 2.66. The number of aromatic nitrogens is 3. The molecule has 6 nitrogen and oxygen atoms in total. The molecule has 1 aromatic carbocycles. The van der Waals surface area contributed by atoms with Crippen LogP contribution in [0.25, 0.3) is 28.2 Å². The molecule has 41 heavy (non-hydrogen) atoms. The first-order valence-electron chi connectivity index (χ1n) is 14.4. The van der Waals surface area contributed by atoms with E-state index in [1.807, 2.05) is 6.07 Å². The summed E-state index contributed by atoms with van der Waals surface area (Å²) in [6.45, 7) is 2.08. The van der Waals surface area contributed by atoms with Crippen molar-refractivity contribution in [3.05, 3.63) is 70.3 Å². The highest BCUT2D eigenvalue weighted by Gasteiger charge is 2.51. The molecule has 0 atom stereocenters. The maximum Gasteiger partial charge on any atom is 0.147 e. The Morgan fingerprint density at radius 3 is 2.59 bits per heavy atom. The number of nitrogens with zero attached hydrogens (tertiary/aromatic N) is 4. The summed E-state index contributed by atoms with van der Waals surface area (Å²) in [4.78, 5) is 11.0. The Hall–Kier alpha value is -3.16. The number of hydrogen-bond donors (Lipinski definition) is 0. The van der Waals surface area contributed by atoms with E-state index in [1.54, 1.807) is 18.6 Å². The number of ether oxygens (including phenoxy) is 1. The molecule has 9 heteroatoms. The Kier molecular flexibility index (Phi) is 6.04. The van der Waals surface area contributed by atoms with E-state index < -0.39 is 6.17 Å². The maximum absolute atomic E-state index is 13.3. The van der Waals surface area contributed by atoms with Crippen molar-refractivity contribution in [1.82, 2.24) is 15.1 Å². The van der Waals surface area contributed by atoms with Crippen LogP contribution in [0.3, 0.4) is 0 Å². The summed E-state index contributed by atoms with van der Waals surface area (Å²) in [6.07, 6.45) is 14.1. The molecule has 0 radical (unpaired) electrons. The number of alkyl halides is 1. The van der Waals surface area contributed by atoms with E-state index in [1.165, 1.54) is 5.69 Å². The number of allylic oxidation sites excluding steroid dienone is 1. The third-order valence-electron chi connectivity index (χ3n) is 9.15. The molecule has 3 aromatic heterocycles. The van der Waals surface area contributed by atoms with Gasteiger partial charge >= 0.3 is 0 Å². The Morgan fingerprint density at radius 1 is 1.07 bits per heavy atom. The van der Waals surface area contributed by atoms with Crippen LogP contribution in [-0.2, 0) is 0 Å². The van der Waals surface area contributed by atoms with E-state index in [9.17, 15) is 4.39 Å². The molecule has 1 aliphatic heterocycles. The molecule has 4 heterocycles. The second-order valence-corrected chi connectivity index (χ2v) is 13.1. The van der Waals surface area contributed by atoms with E-state index >= 15 is 0 Å². The first-order chi connectivity index (χ1) is 19.9. The lowest BCUT2D eigenvalue weighted by Crippen LogP contribution is -2.62. The molecule has 0 N–H and O–H groups in total. The van der Waals surface area contributed by atoms with Crippen LogP contribution in [0.1, 0.15) is 55.8 Å². The largest absolute Gasteiger partial charge is 0.489 e. The Morgan fingerprint density at radius 2 is 1.85 bits per heavy atom. The summed E-state index contributed by atoms with van der Waals surface area (Å²) in [6, 6.07) is 8.27. The highest BCUT2D eigenvalue weighted by Crippen LogP contribution is 2.54. The quantitative estimate of drug-likeness (QED) is 0.216. The van der Waals surface area contributed by atoms with Gasteiger partial charge in [-0.3, -0.25) is 9.97 Å². The molecular formula is C32H29Cl2FN4O2. The molecular weight excluding hydrogens is 562 g/mol. The molecule has 1 spiro atoms. The SMILES string of the molecule is FC1CC(Oc2ccnc3ccc(N4CC5(CC(/C=C/c6c(-c7c(Cl)cncc7Cl)noc6C6CC6)C5)C4)cc23)C1. The molecule has 8 rings (SSSR count). The fourth-order valence-electron chi connectivity index (χ4n) is 6.74. The summed E-state index contributed by atoms with van der Waals surface area (Å²) < 4.78 is 25.2. The van der Waals surface area contributed by atoms with E-state index in [2.05, 4.69) is 50.4 Å². The van der Waals surface area contributed by atoms with Crippen LogP contribution in [-0.4, -0.2) is 40.5 Å². The molecule has 4 aromatic rings. The predicted octanol–water partition coefficient (Wildman–Crippen LogP) is 8.28. The van der Waals surface area contributed by atoms with Gasteiger partial charge in [-0.25, -0.2) is 4.39 Å². The third kappa shape index (κ3) is 4.58. The summed E-state index contributed by atoms with van der Waals surface area (Å²) in [7, 11) is 0. The van der Waals surface area contributed by atoms with Gasteiger partial charge in [-0.2, -0.15) is 0 Å². The standard InChI is InChI=1S/C32H29Cl2FN4O2/c33-25-14-36-15-26(34)29(25)30-23(31(41-38-30)19-2-3-19)5-1-18-12-32(13-18)16-39(17-32)21-4-6-27-24(11-21)28(7-8-37-27)40-22-9-20(35)10-22/h1,4-8,11,14-15,18-20,22H,2-3,9-10,12-13,16-17H2/b5-1+. The number of rotatable bonds is 7. The lowest BCUT2D eigenvalue weighted by molar-refractivity contribution is 0.0420. The molecule has 4 aliphatic rings. The monoisotopic (exact) mass is 590 g/mol. The van der Waals surface area contributed by atoms with Crippen molar-refractivity contribution in [2.75, 3.05) is 18.0 Å². The third-order valence-corrected chi connectivity index (χ3v) is 9.73. The van der Waals surface area contributed by atoms with Gasteiger partial charge in [0.05, 0.1) is 15.6 Å². The van der Waals surface area contributed by atoms with Crippen molar-refractivity contribution in [3.63, 3.8) is 0 Å². The van der Waals surface area contributed by atoms with E-state index in [-0.39, 0.29) is 6.10 Å². The molecule has 0 amide bonds. The smallest absolute Gasteiger partial charge is 0.147 e. The molecule has 1 saturated heterocycles. The van der Waals surface area contributed by atoms with Gasteiger partial charge in [-0.15, -0.1) is 0 Å². The van der Waals surface area contributed by atoms with E-state index in [0.29, 0.717) is 51.4 Å². The number of fused-ring (bicyclic) bond motifs is 1. The summed E-state index contributed by atoms with van der Waals surface area (Å²) in [5, 5.41) is 6.32. The minimum Gasteiger partial charge on any atom is -0.489 e. The number of benzene rings is 1. The fraction of sp³-hybridized carbons (Fsp3) is 0.406. The number of anilines is 1. The Balaban J connectivity index is 0.952. The zero-order valence-corrected chi connectivity index (χ0v) is 23.9. The van der Waals surface area contributed by atoms with Crippen LogP contribution in [0.5, 0.6) is 5.75 Å². The molecule has 3 saturated carbocycles. The van der Waals surface area contributed by atoms with Crippen molar-refractivity contribution in [1.29, 1.82) is 0 Å². The average Bonchev–Trinajstić information content (AvgIpc) is 3.66. The summed E-state index contributed by atoms with van der Waals surface area (Å²) >= 11 is 12.9. The van der Waals surface area contributed by atoms with Crippen LogP contribution in [0.4, 0.5) is 10.1 Å². The Bertz CT molecular complexity index is 1650. The molecule has 210 valence electrons. The zero-order chi connectivity index (χ0) is 27.7. The van der Waals surface area contributed by atoms with Crippen molar-refractivity contribution < 1.29 is 13.7 Å². The number of hydrogen-bond acceptors (Lipinski definition) is 6. The first-order valence-corrected chi connectivity index (χ1v) is 15.1. The van der Waals surface area contributed by atoms with Gasteiger partial charge in [0, 0.05) is 78.1 Å². The van der Waals surface area contributed by atoms with Crippen LogP contribution in [0.2, 0.25) is 10.0 Å². The van der Waals surface area contributed by atoms with Gasteiger partial charge in [0.2, 0.25) is 0 Å². The van der Waals surface area contributed by atoms with Gasteiger partial charge in [-0.1, -0.05) is 40.5 Å². The Labute approximate surface area is 247 Å². The number of pyridine rings is 2. The summed E-state index contributed by atoms with van der Waals surface area (Å²) in [5.41, 5.74) is 4.81. The molecule has 0 unspecified atom stereocenters. The van der Waals surface area contributed by atoms with Crippen molar-refractivity contribution in [3.8, 4) is 17.0 Å². The first kappa shape index (κ1) is 25.5. The van der Waals surface area contributed by atoms with Gasteiger partial charge in [0.1, 0.15) is 29.5 Å². The van der Waals surface area contributed by atoms with Gasteiger partial charge < -0.3 is 14.2 Å². The minimum atomic E-state index is -0.737. The molecule has 4 fully saturated rings. The number of halogens is 3. The average molecular weight is 592 g/mol. The maximum atomic E-state index is 13.3. The normalized spacial score (nSPS) is 23.5. The lowest BCUT2D eigenvalue weighted by atomic mass is 9.57. The minimum absolute atomic E-state index is 0.0422. The zero-order valence-electron chi connectivity index (χ0n) is 22.4. The van der Waals surface area contributed by atoms with Crippen molar-refractivity contribution >= 4 is 45.9 Å². The van der Waals surface area contributed by atoms with Crippen molar-refractivity contribution in [2.24, 2.45) is 11.3 Å². The molecule has 3 aliphatic carbocycles. The van der Waals surface area contributed by atoms with Crippen LogP contribution >= 0.6 is 23.2 Å². The van der Waals surface area contributed by atoms with Crippen LogP contribution < -0.4 is 9.64 Å². The fourth-order valence-corrected chi connectivity index (χ4v) is 7.28.